The van der Waals surface area contributed by atoms with Crippen LogP contribution in [0.5, 0.6) is 0 Å². The highest BCUT2D eigenvalue weighted by Crippen LogP contribution is 2.25. The Morgan fingerprint density at radius 1 is 0.857 bits per heavy atom. The Balaban J connectivity index is 0.00000432. The predicted octanol–water partition coefficient (Wildman–Crippen LogP) is 4.42. The Bertz CT molecular complexity index is 1360. The van der Waals surface area contributed by atoms with Crippen LogP contribution in [0.1, 0.15) is 5.56 Å². The van der Waals surface area contributed by atoms with Crippen molar-refractivity contribution in [2.75, 3.05) is 43.7 Å². The Hall–Kier alpha value is -2.21. The first-order chi connectivity index (χ1) is 16.0. The van der Waals surface area contributed by atoms with Gasteiger partial charge in [-0.25, -0.2) is 0 Å². The van der Waals surface area contributed by atoms with Gasteiger partial charge < -0.3 is 4.90 Å². The Morgan fingerprint density at radius 3 is 2.03 bits per heavy atom. The first-order valence-electron chi connectivity index (χ1n) is 10.3. The van der Waals surface area contributed by atoms with Crippen molar-refractivity contribution in [2.24, 2.45) is 4.99 Å². The average molecular weight is 562 g/mol. The first kappa shape index (κ1) is 29.0. The zero-order valence-corrected chi connectivity index (χ0v) is 22.3. The molecule has 0 atom stereocenters. The van der Waals surface area contributed by atoms with Crippen molar-refractivity contribution in [3.8, 4) is 0 Å². The van der Waals surface area contributed by atoms with Crippen LogP contribution in [0, 0.1) is 0 Å². The summed E-state index contributed by atoms with van der Waals surface area (Å²) in [6.07, 6.45) is 3.59. The van der Waals surface area contributed by atoms with Gasteiger partial charge in [0.05, 0.1) is 36.4 Å². The summed E-state index contributed by atoms with van der Waals surface area (Å²) in [4.78, 5) is 6.25. The fraction of sp³-hybridized carbons (Fsp3) is 0.261. The maximum atomic E-state index is 11.3. The van der Waals surface area contributed by atoms with Crippen LogP contribution in [0.3, 0.4) is 0 Å². The van der Waals surface area contributed by atoms with Crippen LogP contribution in [0.25, 0.3) is 10.8 Å². The van der Waals surface area contributed by atoms with Crippen molar-refractivity contribution in [1.82, 2.24) is 0 Å². The molecule has 0 radical (unpaired) electrons. The molecule has 12 heteroatoms. The van der Waals surface area contributed by atoms with Gasteiger partial charge in [-0.15, -0.1) is 12.4 Å². The largest absolute Gasteiger partial charge is 0.367 e. The molecule has 190 valence electrons. The third-order valence-electron chi connectivity index (χ3n) is 4.75. The molecule has 0 heterocycles. The van der Waals surface area contributed by atoms with Crippen molar-refractivity contribution in [3.63, 3.8) is 0 Å². The zero-order chi connectivity index (χ0) is 24.8. The number of rotatable bonds is 11. The van der Waals surface area contributed by atoms with Gasteiger partial charge >= 0.3 is 0 Å². The molecule has 0 fully saturated rings. The van der Waals surface area contributed by atoms with Crippen LogP contribution in [0.4, 0.5) is 11.4 Å². The molecule has 8 nitrogen and oxygen atoms in total. The van der Waals surface area contributed by atoms with Gasteiger partial charge in [-0.3, -0.25) is 13.4 Å². The number of hydrogen-bond acceptors (Lipinski definition) is 8. The molecule has 0 aliphatic rings. The quantitative estimate of drug-likeness (QED) is 0.252. The number of halogens is 2. The zero-order valence-electron chi connectivity index (χ0n) is 19.1. The molecule has 3 aromatic carbocycles. The SMILES string of the molecule is CS(=O)(=O)OCCN(CCOS(C)(=O)=O)c1ccc(C=Nc2ccc3ccccc3c2)c(Cl)c1.Cl. The molecule has 0 amide bonds. The summed E-state index contributed by atoms with van der Waals surface area (Å²) in [7, 11) is -7.21. The number of hydrogen-bond donors (Lipinski definition) is 0. The van der Waals surface area contributed by atoms with E-state index in [1.165, 1.54) is 0 Å². The van der Waals surface area contributed by atoms with Gasteiger partial charge in [-0.05, 0) is 41.1 Å². The molecule has 0 N–H and O–H groups in total. The van der Waals surface area contributed by atoms with Crippen molar-refractivity contribution in [3.05, 3.63) is 71.2 Å². The molecule has 0 aliphatic heterocycles. The van der Waals surface area contributed by atoms with Gasteiger partial charge in [-0.2, -0.15) is 16.8 Å². The molecule has 0 unspecified atom stereocenters. The van der Waals surface area contributed by atoms with E-state index in [1.54, 1.807) is 29.3 Å². The summed E-state index contributed by atoms with van der Waals surface area (Å²) in [5.74, 6) is 0. The van der Waals surface area contributed by atoms with Gasteiger partial charge in [0, 0.05) is 30.6 Å². The van der Waals surface area contributed by atoms with Crippen molar-refractivity contribution < 1.29 is 25.2 Å². The number of aliphatic imine (C=N–C) groups is 1. The lowest BCUT2D eigenvalue weighted by atomic mass is 10.1. The summed E-state index contributed by atoms with van der Waals surface area (Å²) in [5.41, 5.74) is 2.14. The maximum Gasteiger partial charge on any atom is 0.264 e. The van der Waals surface area contributed by atoms with E-state index < -0.39 is 20.2 Å². The van der Waals surface area contributed by atoms with E-state index in [4.69, 9.17) is 20.0 Å². The van der Waals surface area contributed by atoms with Gasteiger partial charge in [0.15, 0.2) is 0 Å². The molecule has 0 aliphatic carbocycles. The lowest BCUT2D eigenvalue weighted by molar-refractivity contribution is 0.309. The summed E-state index contributed by atoms with van der Waals surface area (Å²) in [6.45, 7) is 0.142. The van der Waals surface area contributed by atoms with Gasteiger partial charge in [0.2, 0.25) is 0 Å². The highest BCUT2D eigenvalue weighted by molar-refractivity contribution is 7.86. The van der Waals surface area contributed by atoms with Crippen molar-refractivity contribution in [1.29, 1.82) is 0 Å². The maximum absolute atomic E-state index is 11.3. The Labute approximate surface area is 217 Å². The van der Waals surface area contributed by atoms with Crippen molar-refractivity contribution >= 4 is 72.6 Å². The fourth-order valence-corrected chi connectivity index (χ4v) is 4.16. The van der Waals surface area contributed by atoms with E-state index in [0.29, 0.717) is 16.3 Å². The standard InChI is InChI=1S/C23H25ClN2O6S2.ClH/c1-33(27,28)31-13-11-26(12-14-32-34(2,29)30)22-10-8-20(23(24)16-22)17-25-21-9-7-18-5-3-4-6-19(18)15-21;/h3-10,15-17H,11-14H2,1-2H3;1H. The second-order valence-corrected chi connectivity index (χ2v) is 11.2. The van der Waals surface area contributed by atoms with E-state index in [2.05, 4.69) is 4.99 Å². The van der Waals surface area contributed by atoms with Crippen LogP contribution in [-0.4, -0.2) is 61.9 Å². The average Bonchev–Trinajstić information content (AvgIpc) is 2.75. The van der Waals surface area contributed by atoms with Gasteiger partial charge in [-0.1, -0.05) is 41.9 Å². The number of fused-ring (bicyclic) bond motifs is 1. The fourth-order valence-electron chi connectivity index (χ4n) is 3.19. The van der Waals surface area contributed by atoms with Crippen LogP contribution in [-0.2, 0) is 28.6 Å². The second-order valence-electron chi connectivity index (χ2n) is 7.53. The molecular weight excluding hydrogens is 535 g/mol. The predicted molar refractivity (Wildman–Crippen MR) is 144 cm³/mol. The van der Waals surface area contributed by atoms with Crippen LogP contribution < -0.4 is 4.90 Å². The van der Waals surface area contributed by atoms with E-state index in [1.807, 2.05) is 42.5 Å². The van der Waals surface area contributed by atoms with E-state index in [9.17, 15) is 16.8 Å². The topological polar surface area (TPSA) is 102 Å². The molecule has 0 saturated carbocycles. The minimum Gasteiger partial charge on any atom is -0.367 e. The van der Waals surface area contributed by atoms with E-state index in [0.717, 1.165) is 29.0 Å². The summed E-state index contributed by atoms with van der Waals surface area (Å²) in [5, 5.41) is 2.64. The Morgan fingerprint density at radius 2 is 1.46 bits per heavy atom. The normalized spacial score (nSPS) is 12.1. The third-order valence-corrected chi connectivity index (χ3v) is 6.27. The monoisotopic (exact) mass is 560 g/mol. The first-order valence-corrected chi connectivity index (χ1v) is 14.3. The molecule has 0 bridgehead atoms. The van der Waals surface area contributed by atoms with Crippen molar-refractivity contribution in [2.45, 2.75) is 0 Å². The lowest BCUT2D eigenvalue weighted by Gasteiger charge is -2.24. The highest BCUT2D eigenvalue weighted by atomic mass is 35.5. The second kappa shape index (κ2) is 12.7. The number of anilines is 1. The molecule has 0 saturated heterocycles. The summed E-state index contributed by atoms with van der Waals surface area (Å²) < 4.78 is 54.7. The van der Waals surface area contributed by atoms with Crippen LogP contribution >= 0.6 is 24.0 Å². The summed E-state index contributed by atoms with van der Waals surface area (Å²) in [6, 6.07) is 19.2. The summed E-state index contributed by atoms with van der Waals surface area (Å²) >= 11 is 6.48. The molecule has 3 aromatic rings. The van der Waals surface area contributed by atoms with Crippen LogP contribution in [0.15, 0.2) is 65.7 Å². The van der Waals surface area contributed by atoms with E-state index in [-0.39, 0.29) is 38.7 Å². The smallest absolute Gasteiger partial charge is 0.264 e. The number of benzene rings is 3. The molecule has 0 aromatic heterocycles. The molecule has 0 spiro atoms. The molecule has 3 rings (SSSR count). The minimum atomic E-state index is -3.61. The number of nitrogens with zero attached hydrogens (tertiary/aromatic N) is 2. The van der Waals surface area contributed by atoms with Crippen LogP contribution in [0.2, 0.25) is 5.02 Å². The lowest BCUT2D eigenvalue weighted by Crippen LogP contribution is -2.32. The Kier molecular flexibility index (Phi) is 10.5. The highest BCUT2D eigenvalue weighted by Gasteiger charge is 2.12. The molecule has 35 heavy (non-hydrogen) atoms. The molecular formula is C23H26Cl2N2O6S2. The minimum absolute atomic E-state index is 0. The van der Waals surface area contributed by atoms with E-state index >= 15 is 0 Å². The van der Waals surface area contributed by atoms with Gasteiger partial charge in [0.1, 0.15) is 0 Å². The third kappa shape index (κ3) is 9.75. The van der Waals surface area contributed by atoms with Gasteiger partial charge in [0.25, 0.3) is 20.2 Å².